The molecule has 0 aromatic heterocycles. The van der Waals surface area contributed by atoms with Crippen LogP contribution in [0.1, 0.15) is 19.8 Å². The van der Waals surface area contributed by atoms with E-state index in [4.69, 9.17) is 0 Å². The molecule has 1 aliphatic rings. The monoisotopic (exact) mass is 423 g/mol. The van der Waals surface area contributed by atoms with Crippen molar-refractivity contribution in [2.45, 2.75) is 29.6 Å². The van der Waals surface area contributed by atoms with Gasteiger partial charge in [0.25, 0.3) is 0 Å². The molecule has 1 fully saturated rings. The molecule has 5 nitrogen and oxygen atoms in total. The lowest BCUT2D eigenvalue weighted by Gasteiger charge is -2.24. The van der Waals surface area contributed by atoms with Gasteiger partial charge in [-0.15, -0.1) is 0 Å². The second-order valence-electron chi connectivity index (χ2n) is 7.33. The van der Waals surface area contributed by atoms with Crippen molar-refractivity contribution in [1.29, 1.82) is 0 Å². The highest BCUT2D eigenvalue weighted by Crippen LogP contribution is 2.32. The molecule has 0 spiro atoms. The molecule has 1 N–H and O–H groups in total. The van der Waals surface area contributed by atoms with E-state index in [0.717, 1.165) is 62.9 Å². The predicted octanol–water partition coefficient (Wildman–Crippen LogP) is 3.76. The third kappa shape index (κ3) is 4.87. The first-order valence-electron chi connectivity index (χ1n) is 9.84. The minimum Gasteiger partial charge on any atom is -0.384 e. The first-order chi connectivity index (χ1) is 13.8. The summed E-state index contributed by atoms with van der Waals surface area (Å²) >= 11 is 0. The highest BCUT2D eigenvalue weighted by atomic mass is 32.2. The number of anilines is 2. The lowest BCUT2D eigenvalue weighted by atomic mass is 10.2. The van der Waals surface area contributed by atoms with Crippen LogP contribution in [-0.2, 0) is 9.84 Å². The van der Waals surface area contributed by atoms with Gasteiger partial charge in [-0.3, -0.25) is 0 Å². The Morgan fingerprint density at radius 3 is 2.52 bits per heavy atom. The molecule has 0 radical (unpaired) electrons. The zero-order valence-corrected chi connectivity index (χ0v) is 17.6. The van der Waals surface area contributed by atoms with Gasteiger partial charge in [0, 0.05) is 31.9 Å². The summed E-state index contributed by atoms with van der Waals surface area (Å²) in [6.07, 6.45) is 1.85. The molecular formula is C21H27F2N3O2S. The van der Waals surface area contributed by atoms with Gasteiger partial charge in [-0.05, 0) is 62.8 Å². The maximum absolute atomic E-state index is 13.6. The van der Waals surface area contributed by atoms with Crippen molar-refractivity contribution in [3.05, 3.63) is 48.0 Å². The van der Waals surface area contributed by atoms with Crippen LogP contribution in [0.5, 0.6) is 0 Å². The van der Waals surface area contributed by atoms with Crippen molar-refractivity contribution < 1.29 is 17.2 Å². The Morgan fingerprint density at radius 2 is 1.79 bits per heavy atom. The molecule has 0 amide bonds. The standard InChI is InChI=1S/C21H27F2N3O2S/c1-3-9-24-20-14-16(26-11-4-10-25(2)12-13-26)5-8-21(20)29(27,28)17-6-7-18(22)19(23)15-17/h5-8,14-15,24H,3-4,9-13H2,1-2H3. The van der Waals surface area contributed by atoms with Crippen LogP contribution in [0.4, 0.5) is 20.2 Å². The van der Waals surface area contributed by atoms with Crippen LogP contribution in [0.15, 0.2) is 46.2 Å². The van der Waals surface area contributed by atoms with Crippen LogP contribution in [0.3, 0.4) is 0 Å². The van der Waals surface area contributed by atoms with Crippen molar-refractivity contribution >= 4 is 21.2 Å². The first-order valence-corrected chi connectivity index (χ1v) is 11.3. The van der Waals surface area contributed by atoms with Crippen LogP contribution in [0, 0.1) is 11.6 Å². The predicted molar refractivity (Wildman–Crippen MR) is 111 cm³/mol. The van der Waals surface area contributed by atoms with Crippen molar-refractivity contribution in [3.63, 3.8) is 0 Å². The summed E-state index contributed by atoms with van der Waals surface area (Å²) in [5.74, 6) is -2.26. The van der Waals surface area contributed by atoms with E-state index in [0.29, 0.717) is 12.2 Å². The van der Waals surface area contributed by atoms with Crippen LogP contribution < -0.4 is 10.2 Å². The number of sulfone groups is 1. The Balaban J connectivity index is 2.00. The number of benzene rings is 2. The topological polar surface area (TPSA) is 52.6 Å². The van der Waals surface area contributed by atoms with E-state index < -0.39 is 21.5 Å². The van der Waals surface area contributed by atoms with Crippen molar-refractivity contribution in [1.82, 2.24) is 4.90 Å². The summed E-state index contributed by atoms with van der Waals surface area (Å²) in [7, 11) is -1.91. The lowest BCUT2D eigenvalue weighted by molar-refractivity contribution is 0.360. The van der Waals surface area contributed by atoms with Gasteiger partial charge in [-0.1, -0.05) is 6.92 Å². The minimum absolute atomic E-state index is 0.0626. The van der Waals surface area contributed by atoms with E-state index in [9.17, 15) is 17.2 Å². The third-order valence-electron chi connectivity index (χ3n) is 5.10. The molecule has 0 atom stereocenters. The largest absolute Gasteiger partial charge is 0.384 e. The summed E-state index contributed by atoms with van der Waals surface area (Å²) in [5, 5.41) is 3.18. The Morgan fingerprint density at radius 1 is 1.00 bits per heavy atom. The van der Waals surface area contributed by atoms with E-state index >= 15 is 0 Å². The Hall–Kier alpha value is -2.19. The average Bonchev–Trinajstić information content (AvgIpc) is 2.92. The molecule has 2 aromatic carbocycles. The second-order valence-corrected chi connectivity index (χ2v) is 9.25. The number of nitrogens with zero attached hydrogens (tertiary/aromatic N) is 2. The molecule has 3 rings (SSSR count). The van der Waals surface area contributed by atoms with Gasteiger partial charge in [0.15, 0.2) is 11.6 Å². The fraction of sp³-hybridized carbons (Fsp3) is 0.429. The molecule has 1 saturated heterocycles. The molecular weight excluding hydrogens is 396 g/mol. The summed E-state index contributed by atoms with van der Waals surface area (Å²) in [4.78, 5) is 4.32. The number of hydrogen-bond donors (Lipinski definition) is 1. The van der Waals surface area contributed by atoms with Gasteiger partial charge >= 0.3 is 0 Å². The molecule has 2 aromatic rings. The number of nitrogens with one attached hydrogen (secondary N) is 1. The molecule has 0 bridgehead atoms. The van der Waals surface area contributed by atoms with Crippen LogP contribution in [0.2, 0.25) is 0 Å². The van der Waals surface area contributed by atoms with E-state index in [1.54, 1.807) is 12.1 Å². The van der Waals surface area contributed by atoms with Crippen molar-refractivity contribution in [2.75, 3.05) is 50.0 Å². The highest BCUT2D eigenvalue weighted by molar-refractivity contribution is 7.91. The van der Waals surface area contributed by atoms with Crippen molar-refractivity contribution in [2.24, 2.45) is 0 Å². The lowest BCUT2D eigenvalue weighted by Crippen LogP contribution is -2.28. The Labute approximate surface area is 171 Å². The second kappa shape index (κ2) is 9.09. The third-order valence-corrected chi connectivity index (χ3v) is 6.91. The maximum atomic E-state index is 13.6. The molecule has 29 heavy (non-hydrogen) atoms. The molecule has 1 heterocycles. The van der Waals surface area contributed by atoms with Gasteiger partial charge in [0.1, 0.15) is 0 Å². The molecule has 8 heteroatoms. The molecule has 0 aliphatic carbocycles. The molecule has 1 aliphatic heterocycles. The fourth-order valence-electron chi connectivity index (χ4n) is 3.42. The summed E-state index contributed by atoms with van der Waals surface area (Å²) in [5.41, 5.74) is 1.43. The SMILES string of the molecule is CCCNc1cc(N2CCCN(C)CC2)ccc1S(=O)(=O)c1ccc(F)c(F)c1. The fourth-order valence-corrected chi connectivity index (χ4v) is 4.85. The van der Waals surface area contributed by atoms with Crippen molar-refractivity contribution in [3.8, 4) is 0 Å². The Bertz CT molecular complexity index is 966. The maximum Gasteiger partial charge on any atom is 0.208 e. The normalized spacial score (nSPS) is 15.9. The van der Waals surface area contributed by atoms with E-state index in [-0.39, 0.29) is 9.79 Å². The van der Waals surface area contributed by atoms with Gasteiger partial charge in [0.05, 0.1) is 15.5 Å². The van der Waals surface area contributed by atoms with Crippen LogP contribution >= 0.6 is 0 Å². The van der Waals surface area contributed by atoms with E-state index in [2.05, 4.69) is 22.2 Å². The van der Waals surface area contributed by atoms with Gasteiger partial charge in [0.2, 0.25) is 9.84 Å². The number of halogens is 2. The number of likely N-dealkylation sites (N-methyl/N-ethyl adjacent to an activating group) is 1. The van der Waals surface area contributed by atoms with E-state index in [1.807, 2.05) is 13.0 Å². The van der Waals surface area contributed by atoms with Gasteiger partial charge in [-0.25, -0.2) is 17.2 Å². The first kappa shape index (κ1) is 21.5. The van der Waals surface area contributed by atoms with Crippen LogP contribution in [-0.4, -0.2) is 53.1 Å². The summed E-state index contributed by atoms with van der Waals surface area (Å²) in [6.45, 7) is 6.32. The highest BCUT2D eigenvalue weighted by Gasteiger charge is 2.24. The summed E-state index contributed by atoms with van der Waals surface area (Å²) in [6, 6.07) is 7.84. The zero-order chi connectivity index (χ0) is 21.0. The molecule has 158 valence electrons. The minimum atomic E-state index is -4.00. The smallest absolute Gasteiger partial charge is 0.208 e. The van der Waals surface area contributed by atoms with Crippen LogP contribution in [0.25, 0.3) is 0 Å². The number of hydrogen-bond acceptors (Lipinski definition) is 5. The van der Waals surface area contributed by atoms with E-state index in [1.165, 1.54) is 0 Å². The zero-order valence-electron chi connectivity index (χ0n) is 16.8. The van der Waals surface area contributed by atoms with Gasteiger partial charge < -0.3 is 15.1 Å². The molecule has 0 unspecified atom stereocenters. The molecule has 0 saturated carbocycles. The average molecular weight is 424 g/mol. The van der Waals surface area contributed by atoms with Gasteiger partial charge in [-0.2, -0.15) is 0 Å². The quantitative estimate of drug-likeness (QED) is 0.717. The Kier molecular flexibility index (Phi) is 6.74. The number of rotatable bonds is 6. The summed E-state index contributed by atoms with van der Waals surface area (Å²) < 4.78 is 53.1.